The number of hydrogen-bond acceptors (Lipinski definition) is 3. The number of nitrogens with one attached hydrogen (secondary N) is 1. The summed E-state index contributed by atoms with van der Waals surface area (Å²) in [7, 11) is 0. The van der Waals surface area contributed by atoms with E-state index in [1.165, 1.54) is 13.0 Å². The van der Waals surface area contributed by atoms with Gasteiger partial charge in [-0.3, -0.25) is 4.79 Å². The first kappa shape index (κ1) is 16.3. The third kappa shape index (κ3) is 3.70. The second kappa shape index (κ2) is 6.53. The molecule has 1 aromatic rings. The molecule has 4 nitrogen and oxygen atoms in total. The Balaban J connectivity index is 1.85. The Bertz CT molecular complexity index is 587. The lowest BCUT2D eigenvalue weighted by molar-refractivity contribution is -0.179. The molecule has 0 aliphatic carbocycles. The van der Waals surface area contributed by atoms with Gasteiger partial charge in [-0.15, -0.1) is 0 Å². The third-order valence-corrected chi connectivity index (χ3v) is 4.64. The van der Waals surface area contributed by atoms with Crippen LogP contribution in [0.25, 0.3) is 0 Å². The molecule has 0 radical (unpaired) electrons. The van der Waals surface area contributed by atoms with Gasteiger partial charge in [-0.1, -0.05) is 6.07 Å². The van der Waals surface area contributed by atoms with Crippen molar-refractivity contribution in [1.82, 2.24) is 5.32 Å². The highest BCUT2D eigenvalue weighted by Crippen LogP contribution is 2.42. The fourth-order valence-corrected chi connectivity index (χ4v) is 3.57. The molecule has 2 aliphatic heterocycles. The van der Waals surface area contributed by atoms with Crippen molar-refractivity contribution in [1.29, 1.82) is 0 Å². The lowest BCUT2D eigenvalue weighted by Gasteiger charge is -2.47. The average Bonchev–Trinajstić information content (AvgIpc) is 2.49. The zero-order chi connectivity index (χ0) is 16.4. The van der Waals surface area contributed by atoms with Crippen molar-refractivity contribution < 1.29 is 23.0 Å². The third-order valence-electron chi connectivity index (χ3n) is 4.64. The molecule has 2 heterocycles. The van der Waals surface area contributed by atoms with Crippen molar-refractivity contribution in [2.45, 2.75) is 50.4 Å². The molecule has 0 aromatic heterocycles. The van der Waals surface area contributed by atoms with Crippen LogP contribution >= 0.6 is 0 Å². The molecule has 2 saturated heterocycles. The lowest BCUT2D eigenvalue weighted by atomic mass is 9.81. The van der Waals surface area contributed by atoms with Crippen molar-refractivity contribution in [3.63, 3.8) is 0 Å². The minimum atomic E-state index is -0.881. The number of ether oxygens (including phenoxy) is 2. The standard InChI is InChI=1S/C17H21F2NO3/c1-11(21)20-13-9-16(12-2-3-14(18)15(19)8-12)23-17(10-13)4-6-22-7-5-17/h2-3,8,13,16H,4-7,9-10H2,1H3,(H,20,21)/t13-,16-/m1/s1. The van der Waals surface area contributed by atoms with E-state index < -0.39 is 11.6 Å². The van der Waals surface area contributed by atoms with Crippen LogP contribution in [0.3, 0.4) is 0 Å². The Labute approximate surface area is 134 Å². The molecule has 3 rings (SSSR count). The Morgan fingerprint density at radius 2 is 2.00 bits per heavy atom. The van der Waals surface area contributed by atoms with E-state index in [9.17, 15) is 13.6 Å². The van der Waals surface area contributed by atoms with Crippen LogP contribution in [0.5, 0.6) is 0 Å². The monoisotopic (exact) mass is 325 g/mol. The molecule has 1 amide bonds. The molecule has 0 saturated carbocycles. The zero-order valence-electron chi connectivity index (χ0n) is 13.1. The van der Waals surface area contributed by atoms with Gasteiger partial charge in [-0.05, 0) is 43.4 Å². The minimum Gasteiger partial charge on any atom is -0.381 e. The molecule has 2 atom stereocenters. The van der Waals surface area contributed by atoms with Gasteiger partial charge >= 0.3 is 0 Å². The summed E-state index contributed by atoms with van der Waals surface area (Å²) in [5.74, 6) is -1.85. The maximum absolute atomic E-state index is 13.6. The summed E-state index contributed by atoms with van der Waals surface area (Å²) in [6.07, 6.45) is 2.38. The summed E-state index contributed by atoms with van der Waals surface area (Å²) in [6, 6.07) is 3.81. The SMILES string of the molecule is CC(=O)N[C@@H]1C[C@H](c2ccc(F)c(F)c2)OC2(CCOCC2)C1. The number of carbonyl (C=O) groups is 1. The number of halogens is 2. The smallest absolute Gasteiger partial charge is 0.217 e. The topological polar surface area (TPSA) is 47.6 Å². The van der Waals surface area contributed by atoms with E-state index in [0.717, 1.165) is 25.3 Å². The van der Waals surface area contributed by atoms with Crippen LogP contribution < -0.4 is 5.32 Å². The Morgan fingerprint density at radius 1 is 1.26 bits per heavy atom. The molecule has 23 heavy (non-hydrogen) atoms. The van der Waals surface area contributed by atoms with Gasteiger partial charge < -0.3 is 14.8 Å². The van der Waals surface area contributed by atoms with Crippen LogP contribution in [-0.4, -0.2) is 30.8 Å². The molecular weight excluding hydrogens is 304 g/mol. The molecule has 1 aromatic carbocycles. The van der Waals surface area contributed by atoms with Gasteiger partial charge in [0.15, 0.2) is 11.6 Å². The van der Waals surface area contributed by atoms with Gasteiger partial charge in [0.05, 0.1) is 11.7 Å². The Kier molecular flexibility index (Phi) is 4.64. The average molecular weight is 325 g/mol. The Hall–Kier alpha value is -1.53. The first-order chi connectivity index (χ1) is 11.0. The van der Waals surface area contributed by atoms with Crippen molar-refractivity contribution >= 4 is 5.91 Å². The normalized spacial score (nSPS) is 26.9. The van der Waals surface area contributed by atoms with E-state index in [2.05, 4.69) is 5.32 Å². The number of carbonyl (C=O) groups excluding carboxylic acids is 1. The van der Waals surface area contributed by atoms with Gasteiger partial charge in [-0.25, -0.2) is 8.78 Å². The van der Waals surface area contributed by atoms with Gasteiger partial charge in [0, 0.05) is 26.2 Å². The summed E-state index contributed by atoms with van der Waals surface area (Å²) in [6.45, 7) is 2.70. The molecule has 6 heteroatoms. The predicted molar refractivity (Wildman–Crippen MR) is 79.8 cm³/mol. The van der Waals surface area contributed by atoms with Gasteiger partial charge in [-0.2, -0.15) is 0 Å². The maximum atomic E-state index is 13.6. The lowest BCUT2D eigenvalue weighted by Crippen LogP contribution is -2.51. The second-order valence-electron chi connectivity index (χ2n) is 6.41. The van der Waals surface area contributed by atoms with Crippen molar-refractivity contribution in [2.24, 2.45) is 0 Å². The quantitative estimate of drug-likeness (QED) is 0.909. The maximum Gasteiger partial charge on any atom is 0.217 e. The molecular formula is C17H21F2NO3. The van der Waals surface area contributed by atoms with Crippen LogP contribution in [-0.2, 0) is 14.3 Å². The summed E-state index contributed by atoms with van der Waals surface area (Å²) in [4.78, 5) is 11.4. The molecule has 2 fully saturated rings. The van der Waals surface area contributed by atoms with E-state index in [4.69, 9.17) is 9.47 Å². The van der Waals surface area contributed by atoms with Crippen molar-refractivity contribution in [3.8, 4) is 0 Å². The summed E-state index contributed by atoms with van der Waals surface area (Å²) < 4.78 is 38.4. The number of hydrogen-bond donors (Lipinski definition) is 1. The van der Waals surface area contributed by atoms with Crippen LogP contribution in [0.2, 0.25) is 0 Å². The van der Waals surface area contributed by atoms with Crippen LogP contribution in [0.15, 0.2) is 18.2 Å². The van der Waals surface area contributed by atoms with E-state index in [1.54, 1.807) is 6.07 Å². The highest BCUT2D eigenvalue weighted by molar-refractivity contribution is 5.73. The summed E-state index contributed by atoms with van der Waals surface area (Å²) in [5.41, 5.74) is 0.226. The molecule has 126 valence electrons. The van der Waals surface area contributed by atoms with Crippen molar-refractivity contribution in [2.75, 3.05) is 13.2 Å². The van der Waals surface area contributed by atoms with Crippen LogP contribution in [0, 0.1) is 11.6 Å². The number of benzene rings is 1. The molecule has 2 aliphatic rings. The molecule has 0 bridgehead atoms. The first-order valence-corrected chi connectivity index (χ1v) is 7.95. The fourth-order valence-electron chi connectivity index (χ4n) is 3.57. The van der Waals surface area contributed by atoms with Gasteiger partial charge in [0.2, 0.25) is 5.91 Å². The number of amides is 1. The highest BCUT2D eigenvalue weighted by Gasteiger charge is 2.43. The van der Waals surface area contributed by atoms with E-state index >= 15 is 0 Å². The van der Waals surface area contributed by atoms with E-state index in [0.29, 0.717) is 25.2 Å². The van der Waals surface area contributed by atoms with E-state index in [1.807, 2.05) is 0 Å². The van der Waals surface area contributed by atoms with Crippen molar-refractivity contribution in [3.05, 3.63) is 35.4 Å². The van der Waals surface area contributed by atoms with Crippen LogP contribution in [0.4, 0.5) is 8.78 Å². The Morgan fingerprint density at radius 3 is 2.65 bits per heavy atom. The highest BCUT2D eigenvalue weighted by atomic mass is 19.2. The minimum absolute atomic E-state index is 0.0440. The fraction of sp³-hybridized carbons (Fsp3) is 0.588. The summed E-state index contributed by atoms with van der Waals surface area (Å²) in [5, 5.41) is 2.95. The first-order valence-electron chi connectivity index (χ1n) is 7.95. The van der Waals surface area contributed by atoms with Gasteiger partial charge in [0.1, 0.15) is 0 Å². The summed E-state index contributed by atoms with van der Waals surface area (Å²) >= 11 is 0. The number of rotatable bonds is 2. The molecule has 1 N–H and O–H groups in total. The second-order valence-corrected chi connectivity index (χ2v) is 6.41. The zero-order valence-corrected chi connectivity index (χ0v) is 13.1. The van der Waals surface area contributed by atoms with Gasteiger partial charge in [0.25, 0.3) is 0 Å². The van der Waals surface area contributed by atoms with E-state index in [-0.39, 0.29) is 23.7 Å². The predicted octanol–water partition coefficient (Wildman–Crippen LogP) is 2.87. The molecule has 1 spiro atoms. The van der Waals surface area contributed by atoms with Crippen LogP contribution in [0.1, 0.15) is 44.3 Å². The molecule has 0 unspecified atom stereocenters. The largest absolute Gasteiger partial charge is 0.381 e.